The Balaban J connectivity index is 2.18. The van der Waals surface area contributed by atoms with Gasteiger partial charge in [-0.1, -0.05) is 49.4 Å². The van der Waals surface area contributed by atoms with Gasteiger partial charge in [0.05, 0.1) is 0 Å². The summed E-state index contributed by atoms with van der Waals surface area (Å²) in [5, 5.41) is 0. The molecule has 2 aromatic rings. The van der Waals surface area contributed by atoms with Crippen LogP contribution in [0.25, 0.3) is 0 Å². The molecule has 1 nitrogen and oxygen atoms in total. The predicted molar refractivity (Wildman–Crippen MR) is 82.4 cm³/mol. The Morgan fingerprint density at radius 2 is 1.53 bits per heavy atom. The Morgan fingerprint density at radius 3 is 2.05 bits per heavy atom. The summed E-state index contributed by atoms with van der Waals surface area (Å²) in [6.07, 6.45) is 1.98. The van der Waals surface area contributed by atoms with E-state index in [0.717, 1.165) is 12.8 Å². The Hall–Kier alpha value is -1.60. The summed E-state index contributed by atoms with van der Waals surface area (Å²) in [5.41, 5.74) is 13.0. The molecule has 0 aliphatic carbocycles. The molecule has 0 aliphatic heterocycles. The number of benzene rings is 2. The first kappa shape index (κ1) is 13.8. The lowest BCUT2D eigenvalue weighted by Gasteiger charge is -2.16. The van der Waals surface area contributed by atoms with Crippen LogP contribution in [0, 0.1) is 13.8 Å². The van der Waals surface area contributed by atoms with E-state index in [1.807, 2.05) is 0 Å². The van der Waals surface area contributed by atoms with E-state index >= 15 is 0 Å². The fourth-order valence-electron chi connectivity index (χ4n) is 2.51. The zero-order chi connectivity index (χ0) is 13.8. The van der Waals surface area contributed by atoms with E-state index in [-0.39, 0.29) is 6.04 Å². The van der Waals surface area contributed by atoms with Crippen LogP contribution in [0.4, 0.5) is 0 Å². The number of nitrogens with two attached hydrogens (primary N) is 1. The maximum Gasteiger partial charge on any atom is 0.0335 e. The second-order valence-corrected chi connectivity index (χ2v) is 5.28. The summed E-state index contributed by atoms with van der Waals surface area (Å²) < 4.78 is 0. The van der Waals surface area contributed by atoms with Crippen LogP contribution in [0.1, 0.15) is 40.8 Å². The average molecular weight is 253 g/mol. The molecule has 1 heteroatoms. The molecular weight excluding hydrogens is 230 g/mol. The van der Waals surface area contributed by atoms with Crippen LogP contribution < -0.4 is 5.73 Å². The number of aryl methyl sites for hydroxylation is 3. The Kier molecular flexibility index (Phi) is 4.39. The molecule has 0 saturated carbocycles. The molecule has 2 rings (SSSR count). The van der Waals surface area contributed by atoms with Crippen LogP contribution in [-0.4, -0.2) is 0 Å². The molecule has 0 amide bonds. The van der Waals surface area contributed by atoms with Crippen molar-refractivity contribution in [2.75, 3.05) is 0 Å². The minimum Gasteiger partial charge on any atom is -0.324 e. The second kappa shape index (κ2) is 6.03. The Bertz CT molecular complexity index is 520. The van der Waals surface area contributed by atoms with Gasteiger partial charge >= 0.3 is 0 Å². The first-order chi connectivity index (χ1) is 9.11. The van der Waals surface area contributed by atoms with Gasteiger partial charge in [0.2, 0.25) is 0 Å². The van der Waals surface area contributed by atoms with Gasteiger partial charge in [0.1, 0.15) is 0 Å². The number of hydrogen-bond acceptors (Lipinski definition) is 1. The lowest BCUT2D eigenvalue weighted by molar-refractivity contribution is 0.715. The highest BCUT2D eigenvalue weighted by atomic mass is 14.6. The molecule has 0 radical (unpaired) electrons. The molecule has 0 saturated heterocycles. The SMILES string of the molecule is CCc1ccc(C(N)Cc2c(C)cccc2C)cc1. The van der Waals surface area contributed by atoms with Gasteiger partial charge in [0.15, 0.2) is 0 Å². The molecule has 19 heavy (non-hydrogen) atoms. The number of rotatable bonds is 4. The molecule has 0 heterocycles. The van der Waals surface area contributed by atoms with Crippen molar-refractivity contribution in [3.8, 4) is 0 Å². The highest BCUT2D eigenvalue weighted by Gasteiger charge is 2.10. The zero-order valence-corrected chi connectivity index (χ0v) is 12.1. The molecule has 1 atom stereocenters. The topological polar surface area (TPSA) is 26.0 Å². The van der Waals surface area contributed by atoms with Crippen molar-refractivity contribution in [3.63, 3.8) is 0 Å². The third-order valence-electron chi connectivity index (χ3n) is 3.88. The largest absolute Gasteiger partial charge is 0.324 e. The number of hydrogen-bond donors (Lipinski definition) is 1. The van der Waals surface area contributed by atoms with E-state index in [2.05, 4.69) is 63.2 Å². The lowest BCUT2D eigenvalue weighted by Crippen LogP contribution is -2.14. The van der Waals surface area contributed by atoms with Crippen molar-refractivity contribution >= 4 is 0 Å². The van der Waals surface area contributed by atoms with Crippen LogP contribution in [-0.2, 0) is 12.8 Å². The van der Waals surface area contributed by atoms with E-state index in [1.165, 1.54) is 27.8 Å². The highest BCUT2D eigenvalue weighted by molar-refractivity contribution is 5.35. The minimum absolute atomic E-state index is 0.0747. The van der Waals surface area contributed by atoms with Crippen LogP contribution in [0.5, 0.6) is 0 Å². The first-order valence-corrected chi connectivity index (χ1v) is 7.01. The van der Waals surface area contributed by atoms with Gasteiger partial charge in [-0.25, -0.2) is 0 Å². The van der Waals surface area contributed by atoms with Gasteiger partial charge in [0, 0.05) is 6.04 Å². The van der Waals surface area contributed by atoms with Crippen molar-refractivity contribution in [2.24, 2.45) is 5.73 Å². The van der Waals surface area contributed by atoms with Gasteiger partial charge in [0.25, 0.3) is 0 Å². The standard InChI is InChI=1S/C18H23N/c1-4-15-8-10-16(11-9-15)18(19)12-17-13(2)6-5-7-14(17)3/h5-11,18H,4,12,19H2,1-3H3. The summed E-state index contributed by atoms with van der Waals surface area (Å²) in [7, 11) is 0. The van der Waals surface area contributed by atoms with Gasteiger partial charge in [-0.15, -0.1) is 0 Å². The van der Waals surface area contributed by atoms with Gasteiger partial charge in [-0.2, -0.15) is 0 Å². The molecular formula is C18H23N. The van der Waals surface area contributed by atoms with Crippen molar-refractivity contribution < 1.29 is 0 Å². The summed E-state index contributed by atoms with van der Waals surface area (Å²) in [5.74, 6) is 0. The predicted octanol–water partition coefficient (Wildman–Crippen LogP) is 4.11. The Morgan fingerprint density at radius 1 is 0.947 bits per heavy atom. The minimum atomic E-state index is 0.0747. The molecule has 1 unspecified atom stereocenters. The fraction of sp³-hybridized carbons (Fsp3) is 0.333. The lowest BCUT2D eigenvalue weighted by atomic mass is 9.93. The summed E-state index contributed by atoms with van der Waals surface area (Å²) >= 11 is 0. The van der Waals surface area contributed by atoms with E-state index in [9.17, 15) is 0 Å². The molecule has 0 aromatic heterocycles. The van der Waals surface area contributed by atoms with Gasteiger partial charge in [-0.05, 0) is 54.5 Å². The molecule has 0 spiro atoms. The monoisotopic (exact) mass is 253 g/mol. The second-order valence-electron chi connectivity index (χ2n) is 5.28. The molecule has 100 valence electrons. The third-order valence-corrected chi connectivity index (χ3v) is 3.88. The van der Waals surface area contributed by atoms with E-state index < -0.39 is 0 Å². The Labute approximate surface area is 116 Å². The van der Waals surface area contributed by atoms with Gasteiger partial charge < -0.3 is 5.73 Å². The van der Waals surface area contributed by atoms with Crippen LogP contribution >= 0.6 is 0 Å². The van der Waals surface area contributed by atoms with E-state index in [4.69, 9.17) is 5.73 Å². The van der Waals surface area contributed by atoms with Crippen molar-refractivity contribution in [1.29, 1.82) is 0 Å². The summed E-state index contributed by atoms with van der Waals surface area (Å²) in [6.45, 7) is 6.50. The third kappa shape index (κ3) is 3.24. The molecule has 2 N–H and O–H groups in total. The van der Waals surface area contributed by atoms with Crippen molar-refractivity contribution in [3.05, 3.63) is 70.3 Å². The van der Waals surface area contributed by atoms with Crippen LogP contribution in [0.15, 0.2) is 42.5 Å². The zero-order valence-electron chi connectivity index (χ0n) is 12.1. The maximum absolute atomic E-state index is 6.36. The van der Waals surface area contributed by atoms with Crippen LogP contribution in [0.2, 0.25) is 0 Å². The summed E-state index contributed by atoms with van der Waals surface area (Å²) in [6, 6.07) is 15.2. The fourth-order valence-corrected chi connectivity index (χ4v) is 2.51. The van der Waals surface area contributed by atoms with Crippen molar-refractivity contribution in [2.45, 2.75) is 39.7 Å². The van der Waals surface area contributed by atoms with Gasteiger partial charge in [-0.3, -0.25) is 0 Å². The maximum atomic E-state index is 6.36. The van der Waals surface area contributed by atoms with Crippen LogP contribution in [0.3, 0.4) is 0 Å². The quantitative estimate of drug-likeness (QED) is 0.872. The van der Waals surface area contributed by atoms with E-state index in [1.54, 1.807) is 0 Å². The smallest absolute Gasteiger partial charge is 0.0335 e. The average Bonchev–Trinajstić information content (AvgIpc) is 2.43. The molecule has 0 bridgehead atoms. The first-order valence-electron chi connectivity index (χ1n) is 7.01. The van der Waals surface area contributed by atoms with Crippen molar-refractivity contribution in [1.82, 2.24) is 0 Å². The summed E-state index contributed by atoms with van der Waals surface area (Å²) in [4.78, 5) is 0. The molecule has 0 fully saturated rings. The normalized spacial score (nSPS) is 12.4. The molecule has 0 aliphatic rings. The molecule has 2 aromatic carbocycles. The van der Waals surface area contributed by atoms with E-state index in [0.29, 0.717) is 0 Å². The highest BCUT2D eigenvalue weighted by Crippen LogP contribution is 2.21.